The Morgan fingerprint density at radius 2 is 1.95 bits per heavy atom. The second-order valence-electron chi connectivity index (χ2n) is 4.33. The molecule has 1 amide bonds. The van der Waals surface area contributed by atoms with E-state index in [0.717, 1.165) is 31.0 Å². The van der Waals surface area contributed by atoms with Crippen LogP contribution in [0, 0.1) is 6.92 Å². The van der Waals surface area contributed by atoms with Crippen molar-refractivity contribution < 1.29 is 9.21 Å². The number of hydrogen-bond donors (Lipinski definition) is 3. The third-order valence-electron chi connectivity index (χ3n) is 2.65. The second kappa shape index (κ2) is 9.01. The van der Waals surface area contributed by atoms with Gasteiger partial charge in [-0.3, -0.25) is 9.79 Å². The summed E-state index contributed by atoms with van der Waals surface area (Å²) in [6, 6.07) is 1.78. The third kappa shape index (κ3) is 5.34. The first kappa shape index (κ1) is 16.1. The molecule has 112 valence electrons. The zero-order chi connectivity index (χ0) is 14.8. The molecule has 3 N–H and O–H groups in total. The molecule has 0 saturated carbocycles. The van der Waals surface area contributed by atoms with Gasteiger partial charge < -0.3 is 20.4 Å². The molecule has 0 saturated heterocycles. The standard InChI is InChI=1S/C14H24N4O2/c1-4-15-14(16-5-2)18-9-6-8-17-13(19)12-11(3)7-10-20-12/h7,10H,4-6,8-9H2,1-3H3,(H,17,19)(H2,15,16,18). The van der Waals surface area contributed by atoms with Gasteiger partial charge in [-0.1, -0.05) is 0 Å². The van der Waals surface area contributed by atoms with Crippen molar-refractivity contribution in [3.05, 3.63) is 23.7 Å². The van der Waals surface area contributed by atoms with Crippen LogP contribution in [0.25, 0.3) is 0 Å². The largest absolute Gasteiger partial charge is 0.459 e. The van der Waals surface area contributed by atoms with Crippen molar-refractivity contribution in [1.29, 1.82) is 0 Å². The van der Waals surface area contributed by atoms with E-state index < -0.39 is 0 Å². The predicted octanol–water partition coefficient (Wildman–Crippen LogP) is 1.28. The molecule has 6 heteroatoms. The summed E-state index contributed by atoms with van der Waals surface area (Å²) in [4.78, 5) is 16.2. The van der Waals surface area contributed by atoms with Gasteiger partial charge in [0.05, 0.1) is 6.26 Å². The number of carbonyl (C=O) groups is 1. The highest BCUT2D eigenvalue weighted by Gasteiger charge is 2.11. The Balaban J connectivity index is 2.26. The molecule has 0 radical (unpaired) electrons. The zero-order valence-corrected chi connectivity index (χ0v) is 12.5. The Morgan fingerprint density at radius 1 is 1.25 bits per heavy atom. The summed E-state index contributed by atoms with van der Waals surface area (Å²) in [5, 5.41) is 9.12. The number of carbonyl (C=O) groups excluding carboxylic acids is 1. The highest BCUT2D eigenvalue weighted by Crippen LogP contribution is 2.07. The van der Waals surface area contributed by atoms with Crippen molar-refractivity contribution in [3.63, 3.8) is 0 Å². The average molecular weight is 280 g/mol. The molecule has 1 aromatic rings. The molecule has 0 aliphatic rings. The van der Waals surface area contributed by atoms with E-state index in [1.54, 1.807) is 6.07 Å². The van der Waals surface area contributed by atoms with Crippen molar-refractivity contribution >= 4 is 11.9 Å². The number of amides is 1. The van der Waals surface area contributed by atoms with Crippen LogP contribution >= 0.6 is 0 Å². The molecule has 0 spiro atoms. The smallest absolute Gasteiger partial charge is 0.287 e. The summed E-state index contributed by atoms with van der Waals surface area (Å²) in [6.07, 6.45) is 2.30. The molecule has 20 heavy (non-hydrogen) atoms. The Hall–Kier alpha value is -1.98. The number of hydrogen-bond acceptors (Lipinski definition) is 3. The fourth-order valence-electron chi connectivity index (χ4n) is 1.67. The van der Waals surface area contributed by atoms with Crippen LogP contribution in [0.3, 0.4) is 0 Å². The molecule has 0 aliphatic heterocycles. The lowest BCUT2D eigenvalue weighted by Crippen LogP contribution is -2.37. The van der Waals surface area contributed by atoms with Crippen molar-refractivity contribution in [2.75, 3.05) is 26.2 Å². The number of nitrogens with one attached hydrogen (secondary N) is 3. The molecular formula is C14H24N4O2. The number of aliphatic imine (C=N–C) groups is 1. The molecule has 1 rings (SSSR count). The highest BCUT2D eigenvalue weighted by molar-refractivity contribution is 5.92. The molecule has 0 fully saturated rings. The van der Waals surface area contributed by atoms with Gasteiger partial charge in [0.15, 0.2) is 11.7 Å². The number of rotatable bonds is 7. The molecule has 0 aliphatic carbocycles. The van der Waals surface area contributed by atoms with Crippen LogP contribution in [0.4, 0.5) is 0 Å². The van der Waals surface area contributed by atoms with Crippen LogP contribution in [0.15, 0.2) is 21.7 Å². The lowest BCUT2D eigenvalue weighted by atomic mass is 10.2. The monoisotopic (exact) mass is 280 g/mol. The van der Waals surface area contributed by atoms with Gasteiger partial charge >= 0.3 is 0 Å². The molecule has 1 heterocycles. The molecule has 0 bridgehead atoms. The number of furan rings is 1. The number of guanidine groups is 1. The summed E-state index contributed by atoms with van der Waals surface area (Å²) in [6.45, 7) is 8.81. The van der Waals surface area contributed by atoms with Crippen molar-refractivity contribution in [3.8, 4) is 0 Å². The van der Waals surface area contributed by atoms with Crippen LogP contribution in [0.2, 0.25) is 0 Å². The lowest BCUT2D eigenvalue weighted by molar-refractivity contribution is 0.0925. The lowest BCUT2D eigenvalue weighted by Gasteiger charge is -2.09. The number of nitrogens with zero attached hydrogens (tertiary/aromatic N) is 1. The second-order valence-corrected chi connectivity index (χ2v) is 4.33. The normalized spacial score (nSPS) is 9.95. The van der Waals surface area contributed by atoms with Crippen molar-refractivity contribution in [2.45, 2.75) is 27.2 Å². The fraction of sp³-hybridized carbons (Fsp3) is 0.571. The van der Waals surface area contributed by atoms with Crippen molar-refractivity contribution in [1.82, 2.24) is 16.0 Å². The predicted molar refractivity (Wildman–Crippen MR) is 80.1 cm³/mol. The highest BCUT2D eigenvalue weighted by atomic mass is 16.3. The van der Waals surface area contributed by atoms with Gasteiger partial charge in [0.25, 0.3) is 5.91 Å². The van der Waals surface area contributed by atoms with E-state index in [9.17, 15) is 4.79 Å². The van der Waals surface area contributed by atoms with Gasteiger partial charge in [-0.05, 0) is 33.3 Å². The first-order valence-electron chi connectivity index (χ1n) is 7.03. The average Bonchev–Trinajstić information content (AvgIpc) is 2.85. The van der Waals surface area contributed by atoms with E-state index in [2.05, 4.69) is 20.9 Å². The quantitative estimate of drug-likeness (QED) is 0.399. The Morgan fingerprint density at radius 3 is 2.50 bits per heavy atom. The molecule has 1 aromatic heterocycles. The van der Waals surface area contributed by atoms with Crippen LogP contribution in [-0.2, 0) is 0 Å². The van der Waals surface area contributed by atoms with Gasteiger partial charge in [-0.2, -0.15) is 0 Å². The van der Waals surface area contributed by atoms with E-state index in [1.807, 2.05) is 20.8 Å². The Kier molecular flexibility index (Phi) is 7.24. The molecule has 0 atom stereocenters. The van der Waals surface area contributed by atoms with Crippen LogP contribution in [0.5, 0.6) is 0 Å². The fourth-order valence-corrected chi connectivity index (χ4v) is 1.67. The third-order valence-corrected chi connectivity index (χ3v) is 2.65. The molecular weight excluding hydrogens is 256 g/mol. The first-order chi connectivity index (χ1) is 9.69. The summed E-state index contributed by atoms with van der Waals surface area (Å²) < 4.78 is 5.13. The molecule has 6 nitrogen and oxygen atoms in total. The van der Waals surface area contributed by atoms with Crippen LogP contribution in [0.1, 0.15) is 36.4 Å². The van der Waals surface area contributed by atoms with Crippen LogP contribution in [-0.4, -0.2) is 38.0 Å². The van der Waals surface area contributed by atoms with Gasteiger partial charge in [0.1, 0.15) is 0 Å². The van der Waals surface area contributed by atoms with Gasteiger partial charge in [0, 0.05) is 31.7 Å². The maximum atomic E-state index is 11.8. The Labute approximate surface area is 120 Å². The van der Waals surface area contributed by atoms with Gasteiger partial charge in [-0.15, -0.1) is 0 Å². The van der Waals surface area contributed by atoms with E-state index in [1.165, 1.54) is 6.26 Å². The topological polar surface area (TPSA) is 78.7 Å². The SMILES string of the molecule is CCNC(=NCCCNC(=O)c1occc1C)NCC. The van der Waals surface area contributed by atoms with Gasteiger partial charge in [0.2, 0.25) is 0 Å². The molecule has 0 unspecified atom stereocenters. The Bertz CT molecular complexity index is 432. The van der Waals surface area contributed by atoms with Crippen LogP contribution < -0.4 is 16.0 Å². The van der Waals surface area contributed by atoms with E-state index in [0.29, 0.717) is 18.8 Å². The van der Waals surface area contributed by atoms with Crippen molar-refractivity contribution in [2.24, 2.45) is 4.99 Å². The summed E-state index contributed by atoms with van der Waals surface area (Å²) >= 11 is 0. The minimum atomic E-state index is -0.171. The minimum Gasteiger partial charge on any atom is -0.459 e. The van der Waals surface area contributed by atoms with E-state index >= 15 is 0 Å². The van der Waals surface area contributed by atoms with Gasteiger partial charge in [-0.25, -0.2) is 0 Å². The molecule has 0 aromatic carbocycles. The summed E-state index contributed by atoms with van der Waals surface area (Å²) in [5.41, 5.74) is 0.849. The maximum absolute atomic E-state index is 11.8. The maximum Gasteiger partial charge on any atom is 0.287 e. The van der Waals surface area contributed by atoms with E-state index in [4.69, 9.17) is 4.42 Å². The minimum absolute atomic E-state index is 0.171. The van der Waals surface area contributed by atoms with E-state index in [-0.39, 0.29) is 5.91 Å². The summed E-state index contributed by atoms with van der Waals surface area (Å²) in [5.74, 6) is 1.02. The first-order valence-corrected chi connectivity index (χ1v) is 7.03. The zero-order valence-electron chi connectivity index (χ0n) is 12.5. The summed E-state index contributed by atoms with van der Waals surface area (Å²) in [7, 11) is 0. The number of aryl methyl sites for hydroxylation is 1.